The molecule has 0 aliphatic heterocycles. The van der Waals surface area contributed by atoms with Gasteiger partial charge in [-0.15, -0.1) is 0 Å². The van der Waals surface area contributed by atoms with Gasteiger partial charge in [0.25, 0.3) is 5.92 Å². The van der Waals surface area contributed by atoms with Crippen molar-refractivity contribution in [1.82, 2.24) is 4.98 Å². The molecule has 1 rings (SSSR count). The Morgan fingerprint density at radius 2 is 1.86 bits per heavy atom. The molecule has 14 heavy (non-hydrogen) atoms. The molecule has 2 nitrogen and oxygen atoms in total. The summed E-state index contributed by atoms with van der Waals surface area (Å²) >= 11 is 0. The summed E-state index contributed by atoms with van der Waals surface area (Å²) in [6, 6.07) is 2.71. The van der Waals surface area contributed by atoms with E-state index in [2.05, 4.69) is 4.98 Å². The fraction of sp³-hybridized carbons (Fsp3) is 0.500. The van der Waals surface area contributed by atoms with Crippen molar-refractivity contribution >= 4 is 0 Å². The molecule has 0 fully saturated rings. The molecule has 4 heteroatoms. The van der Waals surface area contributed by atoms with Gasteiger partial charge in [0.2, 0.25) is 5.88 Å². The van der Waals surface area contributed by atoms with Crippen molar-refractivity contribution in [2.24, 2.45) is 0 Å². The molecule has 1 aromatic heterocycles. The van der Waals surface area contributed by atoms with Crippen molar-refractivity contribution in [2.45, 2.75) is 26.7 Å². The number of ether oxygens (including phenoxy) is 1. The highest BCUT2D eigenvalue weighted by Gasteiger charge is 2.24. The summed E-state index contributed by atoms with van der Waals surface area (Å²) in [5.74, 6) is -2.50. The number of methoxy groups -OCH3 is 1. The molecule has 0 spiro atoms. The van der Waals surface area contributed by atoms with Crippen LogP contribution in [0.15, 0.2) is 18.3 Å². The summed E-state index contributed by atoms with van der Waals surface area (Å²) in [6.07, 6.45) is 1.11. The lowest BCUT2D eigenvalue weighted by molar-refractivity contribution is 0.0170. The Labute approximate surface area is 82.9 Å². The van der Waals surface area contributed by atoms with Crippen LogP contribution in [0.5, 0.6) is 5.88 Å². The monoisotopic (exact) mass is 203 g/mol. The second kappa shape index (κ2) is 5.52. The van der Waals surface area contributed by atoms with Crippen LogP contribution in [-0.4, -0.2) is 12.1 Å². The summed E-state index contributed by atoms with van der Waals surface area (Å²) in [6.45, 7) is 4.83. The Bertz CT molecular complexity index is 254. The lowest BCUT2D eigenvalue weighted by Crippen LogP contribution is -2.07. The van der Waals surface area contributed by atoms with Gasteiger partial charge in [0, 0.05) is 24.8 Å². The summed E-state index contributed by atoms with van der Waals surface area (Å²) in [5, 5.41) is 0. The minimum Gasteiger partial charge on any atom is -0.481 e. The largest absolute Gasteiger partial charge is 0.481 e. The predicted octanol–water partition coefficient (Wildman–Crippen LogP) is 3.23. The second-order valence-corrected chi connectivity index (χ2v) is 2.48. The van der Waals surface area contributed by atoms with Crippen LogP contribution in [0, 0.1) is 0 Å². The van der Waals surface area contributed by atoms with E-state index in [-0.39, 0.29) is 5.56 Å². The topological polar surface area (TPSA) is 22.1 Å². The van der Waals surface area contributed by atoms with Crippen molar-refractivity contribution in [2.75, 3.05) is 7.11 Å². The molecule has 0 aromatic carbocycles. The summed E-state index contributed by atoms with van der Waals surface area (Å²) < 4.78 is 29.9. The van der Waals surface area contributed by atoms with Crippen molar-refractivity contribution in [3.8, 4) is 5.88 Å². The van der Waals surface area contributed by atoms with Gasteiger partial charge in [-0.25, -0.2) is 13.8 Å². The second-order valence-electron chi connectivity index (χ2n) is 2.48. The lowest BCUT2D eigenvalue weighted by Gasteiger charge is -2.09. The SMILES string of the molecule is CC.COc1ccc(C(C)(F)F)cn1. The molecule has 80 valence electrons. The first-order valence-electron chi connectivity index (χ1n) is 4.42. The molecular formula is C10H15F2NO. The van der Waals surface area contributed by atoms with Gasteiger partial charge in [-0.3, -0.25) is 0 Å². The van der Waals surface area contributed by atoms with Crippen LogP contribution in [0.1, 0.15) is 26.3 Å². The van der Waals surface area contributed by atoms with Crippen LogP contribution < -0.4 is 4.74 Å². The number of pyridine rings is 1. The van der Waals surface area contributed by atoms with E-state index in [0.29, 0.717) is 5.88 Å². The van der Waals surface area contributed by atoms with E-state index in [0.717, 1.165) is 13.1 Å². The van der Waals surface area contributed by atoms with Gasteiger partial charge < -0.3 is 4.74 Å². The highest BCUT2D eigenvalue weighted by atomic mass is 19.3. The molecule has 0 bridgehead atoms. The van der Waals surface area contributed by atoms with Crippen molar-refractivity contribution in [3.05, 3.63) is 23.9 Å². The zero-order valence-electron chi connectivity index (χ0n) is 8.84. The smallest absolute Gasteiger partial charge is 0.272 e. The predicted molar refractivity (Wildman–Crippen MR) is 51.7 cm³/mol. The summed E-state index contributed by atoms with van der Waals surface area (Å²) in [4.78, 5) is 3.66. The minimum atomic E-state index is -2.83. The van der Waals surface area contributed by atoms with Crippen LogP contribution in [0.3, 0.4) is 0 Å². The van der Waals surface area contributed by atoms with Gasteiger partial charge in [-0.05, 0) is 6.07 Å². The van der Waals surface area contributed by atoms with Crippen LogP contribution >= 0.6 is 0 Å². The third kappa shape index (κ3) is 3.68. The van der Waals surface area contributed by atoms with E-state index in [4.69, 9.17) is 4.74 Å². The van der Waals surface area contributed by atoms with Gasteiger partial charge in [-0.1, -0.05) is 13.8 Å². The lowest BCUT2D eigenvalue weighted by atomic mass is 10.2. The average Bonchev–Trinajstić information content (AvgIpc) is 2.20. The number of alkyl halides is 2. The van der Waals surface area contributed by atoms with E-state index < -0.39 is 5.92 Å². The molecule has 0 atom stereocenters. The molecule has 0 N–H and O–H groups in total. The number of hydrogen-bond acceptors (Lipinski definition) is 2. The van der Waals surface area contributed by atoms with E-state index in [1.807, 2.05) is 13.8 Å². The highest BCUT2D eigenvalue weighted by molar-refractivity contribution is 5.20. The van der Waals surface area contributed by atoms with Gasteiger partial charge in [0.1, 0.15) is 0 Å². The third-order valence-corrected chi connectivity index (χ3v) is 1.45. The third-order valence-electron chi connectivity index (χ3n) is 1.45. The Morgan fingerprint density at radius 1 is 1.29 bits per heavy atom. The van der Waals surface area contributed by atoms with Gasteiger partial charge >= 0.3 is 0 Å². The Kier molecular flexibility index (Phi) is 5.05. The van der Waals surface area contributed by atoms with Crippen LogP contribution in [-0.2, 0) is 5.92 Å². The van der Waals surface area contributed by atoms with Crippen LogP contribution in [0.25, 0.3) is 0 Å². The van der Waals surface area contributed by atoms with Gasteiger partial charge in [0.15, 0.2) is 0 Å². The summed E-state index contributed by atoms with van der Waals surface area (Å²) in [7, 11) is 1.44. The standard InChI is InChI=1S/C8H9F2NO.C2H6/c1-8(9,10)6-3-4-7(12-2)11-5-6;1-2/h3-5H,1-2H3;1-2H3. The van der Waals surface area contributed by atoms with Crippen molar-refractivity contribution in [1.29, 1.82) is 0 Å². The molecular weight excluding hydrogens is 188 g/mol. The van der Waals surface area contributed by atoms with E-state index >= 15 is 0 Å². The van der Waals surface area contributed by atoms with Crippen LogP contribution in [0.2, 0.25) is 0 Å². The molecule has 0 radical (unpaired) electrons. The van der Waals surface area contributed by atoms with Gasteiger partial charge in [-0.2, -0.15) is 0 Å². The molecule has 0 aliphatic rings. The van der Waals surface area contributed by atoms with Crippen molar-refractivity contribution < 1.29 is 13.5 Å². The first-order valence-corrected chi connectivity index (χ1v) is 4.42. The Hall–Kier alpha value is -1.19. The quantitative estimate of drug-likeness (QED) is 0.736. The van der Waals surface area contributed by atoms with E-state index in [1.54, 1.807) is 0 Å². The van der Waals surface area contributed by atoms with Gasteiger partial charge in [0.05, 0.1) is 7.11 Å². The van der Waals surface area contributed by atoms with Crippen LogP contribution in [0.4, 0.5) is 8.78 Å². The molecule has 1 heterocycles. The number of nitrogens with zero attached hydrogens (tertiary/aromatic N) is 1. The van der Waals surface area contributed by atoms with E-state index in [1.165, 1.54) is 19.2 Å². The average molecular weight is 203 g/mol. The zero-order valence-corrected chi connectivity index (χ0v) is 8.84. The molecule has 0 saturated heterocycles. The fourth-order valence-electron chi connectivity index (χ4n) is 0.761. The fourth-order valence-corrected chi connectivity index (χ4v) is 0.761. The number of halogens is 2. The molecule has 0 amide bonds. The Balaban J connectivity index is 0.000000791. The Morgan fingerprint density at radius 3 is 2.14 bits per heavy atom. The maximum atomic E-state index is 12.6. The van der Waals surface area contributed by atoms with E-state index in [9.17, 15) is 8.78 Å². The zero-order chi connectivity index (χ0) is 11.2. The number of hydrogen-bond donors (Lipinski definition) is 0. The van der Waals surface area contributed by atoms with Crippen molar-refractivity contribution in [3.63, 3.8) is 0 Å². The normalized spacial score (nSPS) is 10.1. The molecule has 0 unspecified atom stereocenters. The molecule has 1 aromatic rings. The highest BCUT2D eigenvalue weighted by Crippen LogP contribution is 2.26. The first kappa shape index (κ1) is 12.8. The number of rotatable bonds is 2. The molecule has 0 aliphatic carbocycles. The minimum absolute atomic E-state index is 0.108. The summed E-state index contributed by atoms with van der Waals surface area (Å²) in [5.41, 5.74) is -0.108. The maximum absolute atomic E-state index is 12.6. The first-order chi connectivity index (χ1) is 6.54. The molecule has 0 saturated carbocycles. The number of aromatic nitrogens is 1. The maximum Gasteiger partial charge on any atom is 0.272 e.